The van der Waals surface area contributed by atoms with Crippen molar-refractivity contribution < 1.29 is 0 Å². The maximum atomic E-state index is 4.35. The van der Waals surface area contributed by atoms with Gasteiger partial charge in [0.25, 0.3) is 0 Å². The molecule has 0 aromatic carbocycles. The van der Waals surface area contributed by atoms with Gasteiger partial charge in [0.1, 0.15) is 0 Å². The Morgan fingerprint density at radius 3 is 2.42 bits per heavy atom. The van der Waals surface area contributed by atoms with Crippen LogP contribution in [0.25, 0.3) is 0 Å². The molecule has 1 aliphatic heterocycles. The fourth-order valence-electron chi connectivity index (χ4n) is 3.48. The van der Waals surface area contributed by atoms with Crippen LogP contribution in [0.2, 0.25) is 0 Å². The van der Waals surface area contributed by atoms with Crippen LogP contribution in [0.5, 0.6) is 0 Å². The molecule has 1 unspecified atom stereocenters. The van der Waals surface area contributed by atoms with Crippen LogP contribution < -0.4 is 10.6 Å². The lowest BCUT2D eigenvalue weighted by Gasteiger charge is -2.30. The van der Waals surface area contributed by atoms with Gasteiger partial charge in [-0.15, -0.1) is 24.0 Å². The van der Waals surface area contributed by atoms with E-state index >= 15 is 0 Å². The number of aliphatic imine (C=N–C) groups is 1. The Kier molecular flexibility index (Phi) is 13.1. The topological polar surface area (TPSA) is 42.9 Å². The fourth-order valence-corrected chi connectivity index (χ4v) is 3.48. The molecule has 0 aromatic rings. The molecule has 0 spiro atoms. The molecular formula is C18H40IN5. The van der Waals surface area contributed by atoms with E-state index in [1.165, 1.54) is 32.5 Å². The first kappa shape index (κ1) is 23.9. The monoisotopic (exact) mass is 453 g/mol. The van der Waals surface area contributed by atoms with E-state index in [1.807, 2.05) is 7.05 Å². The van der Waals surface area contributed by atoms with Gasteiger partial charge in [-0.25, -0.2) is 0 Å². The van der Waals surface area contributed by atoms with E-state index in [2.05, 4.69) is 60.0 Å². The van der Waals surface area contributed by atoms with Crippen LogP contribution >= 0.6 is 24.0 Å². The Morgan fingerprint density at radius 2 is 1.88 bits per heavy atom. The number of likely N-dealkylation sites (tertiary alicyclic amines) is 1. The molecule has 1 aliphatic rings. The van der Waals surface area contributed by atoms with Crippen molar-refractivity contribution in [3.63, 3.8) is 0 Å². The average Bonchev–Trinajstić information content (AvgIpc) is 2.93. The Balaban J connectivity index is 0.00000529. The van der Waals surface area contributed by atoms with Crippen molar-refractivity contribution in [2.24, 2.45) is 10.9 Å². The molecule has 1 atom stereocenters. The van der Waals surface area contributed by atoms with Gasteiger partial charge >= 0.3 is 0 Å². The van der Waals surface area contributed by atoms with Crippen LogP contribution in [-0.4, -0.2) is 74.2 Å². The summed E-state index contributed by atoms with van der Waals surface area (Å²) in [5.74, 6) is 1.69. The van der Waals surface area contributed by atoms with Gasteiger partial charge in [-0.2, -0.15) is 0 Å². The van der Waals surface area contributed by atoms with Crippen molar-refractivity contribution in [1.29, 1.82) is 0 Å². The van der Waals surface area contributed by atoms with Crippen molar-refractivity contribution >= 4 is 29.9 Å². The molecule has 1 heterocycles. The molecule has 6 heteroatoms. The summed E-state index contributed by atoms with van der Waals surface area (Å²) in [6.45, 7) is 18.0. The van der Waals surface area contributed by atoms with Gasteiger partial charge in [0.2, 0.25) is 0 Å². The second-order valence-corrected chi connectivity index (χ2v) is 7.26. The van der Waals surface area contributed by atoms with Gasteiger partial charge in [0.15, 0.2) is 5.96 Å². The third kappa shape index (κ3) is 8.85. The lowest BCUT2D eigenvalue weighted by atomic mass is 10.1. The van der Waals surface area contributed by atoms with Crippen molar-refractivity contribution in [3.05, 3.63) is 0 Å². The third-order valence-electron chi connectivity index (χ3n) is 4.68. The molecule has 24 heavy (non-hydrogen) atoms. The van der Waals surface area contributed by atoms with E-state index in [0.717, 1.165) is 31.5 Å². The van der Waals surface area contributed by atoms with Gasteiger partial charge < -0.3 is 15.5 Å². The summed E-state index contributed by atoms with van der Waals surface area (Å²) in [6, 6.07) is 1.16. The number of hydrogen-bond donors (Lipinski definition) is 2. The quantitative estimate of drug-likeness (QED) is 0.320. The van der Waals surface area contributed by atoms with E-state index in [9.17, 15) is 0 Å². The average molecular weight is 453 g/mol. The van der Waals surface area contributed by atoms with Crippen LogP contribution in [0.4, 0.5) is 0 Å². The first-order valence-electron chi connectivity index (χ1n) is 9.40. The molecular weight excluding hydrogens is 413 g/mol. The Labute approximate surface area is 167 Å². The minimum atomic E-state index is 0. The largest absolute Gasteiger partial charge is 0.356 e. The second-order valence-electron chi connectivity index (χ2n) is 7.26. The summed E-state index contributed by atoms with van der Waals surface area (Å²) < 4.78 is 0. The number of rotatable bonds is 9. The third-order valence-corrected chi connectivity index (χ3v) is 4.68. The number of guanidine groups is 1. The molecule has 1 saturated heterocycles. The van der Waals surface area contributed by atoms with Crippen LogP contribution in [0, 0.1) is 5.92 Å². The molecule has 0 aromatic heterocycles. The van der Waals surface area contributed by atoms with Crippen molar-refractivity contribution in [3.8, 4) is 0 Å². The van der Waals surface area contributed by atoms with E-state index in [4.69, 9.17) is 0 Å². The van der Waals surface area contributed by atoms with Gasteiger partial charge in [0.05, 0.1) is 0 Å². The van der Waals surface area contributed by atoms with Crippen molar-refractivity contribution in [1.82, 2.24) is 20.4 Å². The highest BCUT2D eigenvalue weighted by Gasteiger charge is 2.21. The van der Waals surface area contributed by atoms with Crippen LogP contribution in [0.1, 0.15) is 47.5 Å². The molecule has 0 radical (unpaired) electrons. The van der Waals surface area contributed by atoms with Gasteiger partial charge in [-0.3, -0.25) is 9.89 Å². The zero-order valence-corrected chi connectivity index (χ0v) is 19.0. The minimum Gasteiger partial charge on any atom is -0.356 e. The lowest BCUT2D eigenvalue weighted by molar-refractivity contribution is 0.178. The maximum absolute atomic E-state index is 4.35. The molecule has 5 nitrogen and oxygen atoms in total. The first-order chi connectivity index (χ1) is 11.0. The van der Waals surface area contributed by atoms with Gasteiger partial charge in [0, 0.05) is 45.3 Å². The standard InChI is InChI=1S/C18H39N5.HI/c1-7-10-22-11-8-17(14-22)13-21-18(19-6)20-9-12-23(15(2)3)16(4)5;/h15-17H,7-14H2,1-6H3,(H2,19,20,21);1H. The highest BCUT2D eigenvalue weighted by Crippen LogP contribution is 2.15. The number of halogens is 1. The smallest absolute Gasteiger partial charge is 0.191 e. The SMILES string of the molecule is CCCN1CCC(CNC(=NC)NCCN(C(C)C)C(C)C)C1.I. The molecule has 1 fully saturated rings. The summed E-state index contributed by atoms with van der Waals surface area (Å²) in [6.07, 6.45) is 2.56. The highest BCUT2D eigenvalue weighted by atomic mass is 127. The number of hydrogen-bond acceptors (Lipinski definition) is 3. The predicted molar refractivity (Wildman–Crippen MR) is 117 cm³/mol. The maximum Gasteiger partial charge on any atom is 0.191 e. The summed E-state index contributed by atoms with van der Waals surface area (Å²) in [7, 11) is 1.86. The van der Waals surface area contributed by atoms with Crippen LogP contribution in [0.3, 0.4) is 0 Å². The molecule has 0 amide bonds. The van der Waals surface area contributed by atoms with Gasteiger partial charge in [-0.1, -0.05) is 6.92 Å². The molecule has 0 aliphatic carbocycles. The summed E-state index contributed by atoms with van der Waals surface area (Å²) in [5, 5.41) is 6.95. The first-order valence-corrected chi connectivity index (χ1v) is 9.40. The Bertz CT molecular complexity index is 338. The Morgan fingerprint density at radius 1 is 1.21 bits per heavy atom. The Hall–Kier alpha value is -0.0800. The molecule has 1 rings (SSSR count). The van der Waals surface area contributed by atoms with E-state index in [0.29, 0.717) is 12.1 Å². The van der Waals surface area contributed by atoms with E-state index < -0.39 is 0 Å². The zero-order valence-electron chi connectivity index (χ0n) is 16.6. The van der Waals surface area contributed by atoms with Gasteiger partial charge in [-0.05, 0) is 59.5 Å². The molecule has 0 saturated carbocycles. The number of nitrogens with zero attached hydrogens (tertiary/aromatic N) is 3. The minimum absolute atomic E-state index is 0. The molecule has 144 valence electrons. The summed E-state index contributed by atoms with van der Waals surface area (Å²) in [5.41, 5.74) is 0. The van der Waals surface area contributed by atoms with Crippen LogP contribution in [-0.2, 0) is 0 Å². The van der Waals surface area contributed by atoms with Crippen molar-refractivity contribution in [2.45, 2.75) is 59.5 Å². The zero-order chi connectivity index (χ0) is 17.2. The van der Waals surface area contributed by atoms with E-state index in [1.54, 1.807) is 0 Å². The van der Waals surface area contributed by atoms with E-state index in [-0.39, 0.29) is 24.0 Å². The fraction of sp³-hybridized carbons (Fsp3) is 0.944. The van der Waals surface area contributed by atoms with Crippen molar-refractivity contribution in [2.75, 3.05) is 46.3 Å². The number of nitrogens with one attached hydrogen (secondary N) is 2. The molecule has 0 bridgehead atoms. The summed E-state index contributed by atoms with van der Waals surface area (Å²) in [4.78, 5) is 9.43. The van der Waals surface area contributed by atoms with Crippen LogP contribution in [0.15, 0.2) is 4.99 Å². The normalized spacial score (nSPS) is 19.2. The molecule has 2 N–H and O–H groups in total. The predicted octanol–water partition coefficient (Wildman–Crippen LogP) is 2.62. The second kappa shape index (κ2) is 13.2. The lowest BCUT2D eigenvalue weighted by Crippen LogP contribution is -2.46. The summed E-state index contributed by atoms with van der Waals surface area (Å²) >= 11 is 0. The highest BCUT2D eigenvalue weighted by molar-refractivity contribution is 14.0.